The molecule has 1 fully saturated rings. The number of hydrogen-bond donors (Lipinski definition) is 0. The van der Waals surface area contributed by atoms with E-state index in [0.29, 0.717) is 29.2 Å². The fourth-order valence-corrected chi connectivity index (χ4v) is 4.16. The molecule has 0 N–H and O–H groups in total. The monoisotopic (exact) mass is 558 g/mol. The molecular weight excluding hydrogens is 525 g/mol. The lowest BCUT2D eigenvalue weighted by Crippen LogP contribution is -2.45. The Balaban J connectivity index is 1.15. The lowest BCUT2D eigenvalue weighted by molar-refractivity contribution is -0.274. The first-order valence-electron chi connectivity index (χ1n) is 13.3. The van der Waals surface area contributed by atoms with Gasteiger partial charge in [0, 0.05) is 12.0 Å². The molecule has 6 nitrogen and oxygen atoms in total. The van der Waals surface area contributed by atoms with Gasteiger partial charge in [0.15, 0.2) is 0 Å². The Kier molecular flexibility index (Phi) is 10.1. The summed E-state index contributed by atoms with van der Waals surface area (Å²) in [5.74, 6) is 0.227. The van der Waals surface area contributed by atoms with Gasteiger partial charge in [-0.3, -0.25) is 0 Å². The van der Waals surface area contributed by atoms with Crippen LogP contribution >= 0.6 is 0 Å². The molecule has 3 aromatic carbocycles. The Morgan fingerprint density at radius 2 is 1.38 bits per heavy atom. The summed E-state index contributed by atoms with van der Waals surface area (Å²) in [6.45, 7) is 5.87. The lowest BCUT2D eigenvalue weighted by atomic mass is 9.84. The van der Waals surface area contributed by atoms with Gasteiger partial charge in [-0.2, -0.15) is 0 Å². The standard InChI is InChI=1S/C31H33F3O6/c1-2-30(21-37-22-30)20-36-18-4-3-5-19-38-26-12-10-25(11-13-26)29(35)39-27-14-6-23(7-15-27)24-8-16-28(17-9-24)40-31(32,33)34/h6-17H,2-5,18-22H2,1H3. The average Bonchev–Trinajstić information content (AvgIpc) is 2.92. The Hall–Kier alpha value is -3.56. The highest BCUT2D eigenvalue weighted by Crippen LogP contribution is 2.31. The number of esters is 1. The number of hydrogen-bond acceptors (Lipinski definition) is 6. The summed E-state index contributed by atoms with van der Waals surface area (Å²) in [5.41, 5.74) is 2.06. The molecule has 1 aliphatic heterocycles. The van der Waals surface area contributed by atoms with Crippen LogP contribution < -0.4 is 14.2 Å². The number of alkyl halides is 3. The fourth-order valence-electron chi connectivity index (χ4n) is 4.16. The Bertz CT molecular complexity index is 1200. The van der Waals surface area contributed by atoms with Crippen LogP contribution in [0.2, 0.25) is 0 Å². The summed E-state index contributed by atoms with van der Waals surface area (Å²) in [4.78, 5) is 12.5. The molecule has 0 aliphatic carbocycles. The number of carbonyl (C=O) groups is 1. The molecular formula is C31H33F3O6. The summed E-state index contributed by atoms with van der Waals surface area (Å²) < 4.78 is 63.2. The van der Waals surface area contributed by atoms with Gasteiger partial charge in [-0.15, -0.1) is 13.2 Å². The lowest BCUT2D eigenvalue weighted by Gasteiger charge is -2.40. The number of rotatable bonds is 14. The van der Waals surface area contributed by atoms with Crippen molar-refractivity contribution < 1.29 is 41.7 Å². The molecule has 0 saturated carbocycles. The normalized spacial score (nSPS) is 14.3. The molecule has 0 unspecified atom stereocenters. The van der Waals surface area contributed by atoms with Crippen LogP contribution in [0, 0.1) is 5.41 Å². The maximum Gasteiger partial charge on any atom is 0.573 e. The third-order valence-corrected chi connectivity index (χ3v) is 6.75. The molecule has 0 spiro atoms. The van der Waals surface area contributed by atoms with Crippen molar-refractivity contribution in [2.45, 2.75) is 39.0 Å². The van der Waals surface area contributed by atoms with Crippen LogP contribution in [0.4, 0.5) is 13.2 Å². The second kappa shape index (κ2) is 13.7. The van der Waals surface area contributed by atoms with Gasteiger partial charge >= 0.3 is 12.3 Å². The molecule has 0 atom stereocenters. The minimum Gasteiger partial charge on any atom is -0.494 e. The largest absolute Gasteiger partial charge is 0.573 e. The number of ether oxygens (including phenoxy) is 5. The van der Waals surface area contributed by atoms with E-state index in [4.69, 9.17) is 18.9 Å². The smallest absolute Gasteiger partial charge is 0.494 e. The summed E-state index contributed by atoms with van der Waals surface area (Å²) in [7, 11) is 0. The third-order valence-electron chi connectivity index (χ3n) is 6.75. The maximum atomic E-state index is 12.5. The topological polar surface area (TPSA) is 63.2 Å². The maximum absolute atomic E-state index is 12.5. The molecule has 40 heavy (non-hydrogen) atoms. The Labute approximate surface area is 232 Å². The first kappa shape index (κ1) is 29.4. The van der Waals surface area contributed by atoms with Crippen molar-refractivity contribution >= 4 is 5.97 Å². The van der Waals surface area contributed by atoms with Gasteiger partial charge in [-0.1, -0.05) is 31.2 Å². The van der Waals surface area contributed by atoms with Crippen LogP contribution in [0.1, 0.15) is 43.0 Å². The molecule has 3 aromatic rings. The first-order chi connectivity index (χ1) is 19.3. The molecule has 0 aromatic heterocycles. The van der Waals surface area contributed by atoms with E-state index >= 15 is 0 Å². The number of halogens is 3. The fraction of sp³-hybridized carbons (Fsp3) is 0.387. The van der Waals surface area contributed by atoms with Crippen molar-refractivity contribution in [3.05, 3.63) is 78.4 Å². The van der Waals surface area contributed by atoms with Crippen LogP contribution in [0.25, 0.3) is 11.1 Å². The van der Waals surface area contributed by atoms with Crippen LogP contribution in [-0.2, 0) is 9.47 Å². The quantitative estimate of drug-likeness (QED) is 0.116. The van der Waals surface area contributed by atoms with Crippen LogP contribution in [-0.4, -0.2) is 45.4 Å². The van der Waals surface area contributed by atoms with Crippen molar-refractivity contribution in [1.82, 2.24) is 0 Å². The van der Waals surface area contributed by atoms with Crippen molar-refractivity contribution in [2.24, 2.45) is 5.41 Å². The van der Waals surface area contributed by atoms with Gasteiger partial charge in [0.25, 0.3) is 0 Å². The van der Waals surface area contributed by atoms with E-state index in [-0.39, 0.29) is 11.2 Å². The van der Waals surface area contributed by atoms with E-state index in [1.54, 1.807) is 48.5 Å². The summed E-state index contributed by atoms with van der Waals surface area (Å²) in [5, 5.41) is 0. The van der Waals surface area contributed by atoms with Crippen molar-refractivity contribution in [1.29, 1.82) is 0 Å². The number of unbranched alkanes of at least 4 members (excludes halogenated alkanes) is 2. The molecule has 9 heteroatoms. The highest BCUT2D eigenvalue weighted by molar-refractivity contribution is 5.91. The molecule has 0 amide bonds. The molecule has 0 bridgehead atoms. The summed E-state index contributed by atoms with van der Waals surface area (Å²) in [6, 6.07) is 19.0. The second-order valence-electron chi connectivity index (χ2n) is 9.82. The average molecular weight is 559 g/mol. The molecule has 0 radical (unpaired) electrons. The van der Waals surface area contributed by atoms with Crippen molar-refractivity contribution in [3.8, 4) is 28.4 Å². The van der Waals surface area contributed by atoms with Crippen LogP contribution in [0.15, 0.2) is 72.8 Å². The van der Waals surface area contributed by atoms with Gasteiger partial charge in [0.2, 0.25) is 0 Å². The van der Waals surface area contributed by atoms with Gasteiger partial charge < -0.3 is 23.7 Å². The van der Waals surface area contributed by atoms with Crippen molar-refractivity contribution in [3.63, 3.8) is 0 Å². The summed E-state index contributed by atoms with van der Waals surface area (Å²) >= 11 is 0. The van der Waals surface area contributed by atoms with E-state index in [0.717, 1.165) is 57.7 Å². The predicted molar refractivity (Wildman–Crippen MR) is 144 cm³/mol. The van der Waals surface area contributed by atoms with E-state index in [9.17, 15) is 18.0 Å². The second-order valence-corrected chi connectivity index (χ2v) is 9.82. The number of benzene rings is 3. The highest BCUT2D eigenvalue weighted by Gasteiger charge is 2.36. The minimum atomic E-state index is -4.74. The highest BCUT2D eigenvalue weighted by atomic mass is 19.4. The molecule has 1 saturated heterocycles. The van der Waals surface area contributed by atoms with Crippen molar-refractivity contribution in [2.75, 3.05) is 33.0 Å². The molecule has 4 rings (SSSR count). The van der Waals surface area contributed by atoms with Gasteiger partial charge in [-0.25, -0.2) is 4.79 Å². The zero-order chi connectivity index (χ0) is 28.4. The zero-order valence-corrected chi connectivity index (χ0v) is 22.4. The van der Waals surface area contributed by atoms with Gasteiger partial charge in [0.1, 0.15) is 17.2 Å². The number of carbonyl (C=O) groups excluding carboxylic acids is 1. The SMILES string of the molecule is CCC1(COCCCCCOc2ccc(C(=O)Oc3ccc(-c4ccc(OC(F)(F)F)cc4)cc3)cc2)COC1. The Morgan fingerprint density at radius 1 is 0.800 bits per heavy atom. The first-order valence-corrected chi connectivity index (χ1v) is 13.3. The zero-order valence-electron chi connectivity index (χ0n) is 22.4. The minimum absolute atomic E-state index is 0.225. The van der Waals surface area contributed by atoms with Gasteiger partial charge in [0.05, 0.1) is 32.0 Å². The van der Waals surface area contributed by atoms with E-state index in [1.807, 2.05) is 0 Å². The van der Waals surface area contributed by atoms with Crippen LogP contribution in [0.5, 0.6) is 17.2 Å². The van der Waals surface area contributed by atoms with E-state index in [1.165, 1.54) is 24.3 Å². The Morgan fingerprint density at radius 3 is 1.93 bits per heavy atom. The molecule has 214 valence electrons. The molecule has 1 aliphatic rings. The van der Waals surface area contributed by atoms with E-state index in [2.05, 4.69) is 11.7 Å². The summed E-state index contributed by atoms with van der Waals surface area (Å²) in [6.07, 6.45) is -0.746. The van der Waals surface area contributed by atoms with Gasteiger partial charge in [-0.05, 0) is 85.3 Å². The predicted octanol–water partition coefficient (Wildman–Crippen LogP) is 7.46. The van der Waals surface area contributed by atoms with Crippen LogP contribution in [0.3, 0.4) is 0 Å². The molecule has 1 heterocycles. The van der Waals surface area contributed by atoms with E-state index < -0.39 is 12.3 Å². The third kappa shape index (κ3) is 8.72.